The molecule has 0 radical (unpaired) electrons. The predicted molar refractivity (Wildman–Crippen MR) is 76.7 cm³/mol. The van der Waals surface area contributed by atoms with Gasteiger partial charge in [0.1, 0.15) is 10.3 Å². The highest BCUT2D eigenvalue weighted by molar-refractivity contribution is 7.71. The topological polar surface area (TPSA) is 41.6 Å². The van der Waals surface area contributed by atoms with Crippen molar-refractivity contribution in [3.63, 3.8) is 0 Å². The molecule has 2 aromatic heterocycles. The predicted octanol–water partition coefficient (Wildman–Crippen LogP) is 4.46. The Balaban J connectivity index is 2.53. The monoisotopic (exact) mass is 299 g/mol. The van der Waals surface area contributed by atoms with Crippen molar-refractivity contribution < 1.29 is 0 Å². The van der Waals surface area contributed by atoms with Gasteiger partial charge in [0.25, 0.3) is 0 Å². The van der Waals surface area contributed by atoms with Gasteiger partial charge in [-0.15, -0.1) is 0 Å². The largest absolute Gasteiger partial charge is 0.342 e. The summed E-state index contributed by atoms with van der Waals surface area (Å²) in [6, 6.07) is 3.49. The molecule has 0 unspecified atom stereocenters. The molecule has 94 valence electrons. The van der Waals surface area contributed by atoms with E-state index in [1.807, 2.05) is 6.07 Å². The van der Waals surface area contributed by atoms with Gasteiger partial charge in [-0.25, -0.2) is 9.97 Å². The molecule has 0 atom stereocenters. The lowest BCUT2D eigenvalue weighted by Crippen LogP contribution is -1.98. The van der Waals surface area contributed by atoms with Crippen LogP contribution in [0.15, 0.2) is 18.3 Å². The van der Waals surface area contributed by atoms with Crippen LogP contribution in [0.4, 0.5) is 0 Å². The molecule has 0 amide bonds. The van der Waals surface area contributed by atoms with Crippen LogP contribution in [0.5, 0.6) is 0 Å². The molecule has 2 aromatic rings. The molecule has 1 N–H and O–H groups in total. The van der Waals surface area contributed by atoms with E-state index in [-0.39, 0.29) is 0 Å². The fourth-order valence-corrected chi connectivity index (χ4v) is 2.32. The molecule has 2 heterocycles. The third-order valence-corrected chi connectivity index (χ3v) is 3.05. The van der Waals surface area contributed by atoms with Gasteiger partial charge in [0, 0.05) is 11.9 Å². The Labute approximate surface area is 120 Å². The first-order valence-electron chi connectivity index (χ1n) is 5.52. The minimum atomic E-state index is 0.453. The summed E-state index contributed by atoms with van der Waals surface area (Å²) in [7, 11) is 0. The number of aromatic amines is 1. The molecule has 2 rings (SSSR count). The molecule has 0 spiro atoms. The van der Waals surface area contributed by atoms with Crippen molar-refractivity contribution in [3.05, 3.63) is 38.7 Å². The highest BCUT2D eigenvalue weighted by Crippen LogP contribution is 2.25. The van der Waals surface area contributed by atoms with Gasteiger partial charge in [-0.1, -0.05) is 48.8 Å². The average molecular weight is 300 g/mol. The highest BCUT2D eigenvalue weighted by Gasteiger charge is 2.09. The average Bonchev–Trinajstić information content (AvgIpc) is 2.28. The van der Waals surface area contributed by atoms with Crippen molar-refractivity contribution in [2.75, 3.05) is 0 Å². The van der Waals surface area contributed by atoms with Crippen LogP contribution in [0.25, 0.3) is 11.5 Å². The lowest BCUT2D eigenvalue weighted by Gasteiger charge is -2.06. The maximum Gasteiger partial charge on any atom is 0.159 e. The molecular formula is C12H11Cl2N3S. The van der Waals surface area contributed by atoms with E-state index in [1.54, 1.807) is 6.07 Å². The fourth-order valence-electron chi connectivity index (χ4n) is 1.61. The van der Waals surface area contributed by atoms with Crippen molar-refractivity contribution in [3.8, 4) is 11.5 Å². The first-order valence-corrected chi connectivity index (χ1v) is 6.68. The first-order chi connectivity index (χ1) is 8.60. The summed E-state index contributed by atoms with van der Waals surface area (Å²) in [5.41, 5.74) is 1.59. The lowest BCUT2D eigenvalue weighted by molar-refractivity contribution is 0.872. The molecule has 0 saturated heterocycles. The molecule has 0 aliphatic rings. The van der Waals surface area contributed by atoms with Crippen LogP contribution in [-0.4, -0.2) is 15.0 Å². The summed E-state index contributed by atoms with van der Waals surface area (Å²) < 4.78 is 0.528. The molecule has 0 fully saturated rings. The van der Waals surface area contributed by atoms with E-state index in [2.05, 4.69) is 21.9 Å². The van der Waals surface area contributed by atoms with Crippen LogP contribution in [-0.2, 0) is 6.42 Å². The first kappa shape index (κ1) is 13.5. The zero-order valence-electron chi connectivity index (χ0n) is 9.70. The van der Waals surface area contributed by atoms with Gasteiger partial charge < -0.3 is 4.98 Å². The van der Waals surface area contributed by atoms with Crippen LogP contribution >= 0.6 is 35.4 Å². The second-order valence-electron chi connectivity index (χ2n) is 3.83. The van der Waals surface area contributed by atoms with E-state index in [1.165, 1.54) is 6.20 Å². The smallest absolute Gasteiger partial charge is 0.159 e. The van der Waals surface area contributed by atoms with Gasteiger partial charge >= 0.3 is 0 Å². The van der Waals surface area contributed by atoms with Crippen LogP contribution in [0.2, 0.25) is 10.0 Å². The van der Waals surface area contributed by atoms with E-state index in [0.717, 1.165) is 18.5 Å². The molecule has 0 bridgehead atoms. The van der Waals surface area contributed by atoms with E-state index in [4.69, 9.17) is 35.4 Å². The number of nitrogens with one attached hydrogen (secondary N) is 1. The molecule has 18 heavy (non-hydrogen) atoms. The summed E-state index contributed by atoms with van der Waals surface area (Å²) in [6.45, 7) is 2.10. The van der Waals surface area contributed by atoms with Crippen molar-refractivity contribution >= 4 is 35.4 Å². The van der Waals surface area contributed by atoms with E-state index >= 15 is 0 Å². The fraction of sp³-hybridized carbons (Fsp3) is 0.250. The number of hydrogen-bond donors (Lipinski definition) is 1. The maximum absolute atomic E-state index is 6.10. The number of nitrogens with zero attached hydrogens (tertiary/aromatic N) is 2. The minimum Gasteiger partial charge on any atom is -0.342 e. The van der Waals surface area contributed by atoms with Crippen LogP contribution in [0.1, 0.15) is 19.0 Å². The third kappa shape index (κ3) is 3.07. The van der Waals surface area contributed by atoms with Crippen LogP contribution in [0, 0.1) is 4.64 Å². The molecule has 0 saturated carbocycles. The number of aromatic nitrogens is 3. The SMILES string of the molecule is CCCc1cc(=S)nc(-c2ncc(Cl)cc2Cl)[nH]1. The van der Waals surface area contributed by atoms with Gasteiger partial charge in [0.2, 0.25) is 0 Å². The number of aryl methyl sites for hydroxylation is 1. The van der Waals surface area contributed by atoms with Gasteiger partial charge in [0.15, 0.2) is 5.82 Å². The van der Waals surface area contributed by atoms with Gasteiger partial charge in [-0.2, -0.15) is 0 Å². The lowest BCUT2D eigenvalue weighted by atomic mass is 10.2. The molecule has 6 heteroatoms. The standard InChI is InChI=1S/C12H11Cl2N3S/c1-2-3-8-5-10(18)17-12(16-8)11-9(14)4-7(13)6-15-11/h4-6H,2-3H2,1H3,(H,16,17,18). The maximum atomic E-state index is 6.10. The zero-order chi connectivity index (χ0) is 13.1. The van der Waals surface area contributed by atoms with Crippen molar-refractivity contribution in [2.45, 2.75) is 19.8 Å². The number of halogens is 2. The Morgan fingerprint density at radius 3 is 2.78 bits per heavy atom. The molecule has 0 aliphatic heterocycles. The van der Waals surface area contributed by atoms with Crippen molar-refractivity contribution in [1.82, 2.24) is 15.0 Å². The van der Waals surface area contributed by atoms with E-state index in [0.29, 0.717) is 26.2 Å². The number of pyridine rings is 1. The summed E-state index contributed by atoms with van der Waals surface area (Å²) >= 11 is 17.1. The second-order valence-corrected chi connectivity index (χ2v) is 5.09. The Hall–Kier alpha value is -0.970. The van der Waals surface area contributed by atoms with Crippen LogP contribution in [0.3, 0.4) is 0 Å². The normalized spacial score (nSPS) is 10.6. The Kier molecular flexibility index (Phi) is 4.32. The molecular weight excluding hydrogens is 289 g/mol. The molecule has 3 nitrogen and oxygen atoms in total. The third-order valence-electron chi connectivity index (χ3n) is 2.35. The highest BCUT2D eigenvalue weighted by atomic mass is 35.5. The Bertz CT molecular complexity index is 625. The summed E-state index contributed by atoms with van der Waals surface area (Å²) in [4.78, 5) is 11.6. The minimum absolute atomic E-state index is 0.453. The number of rotatable bonds is 3. The summed E-state index contributed by atoms with van der Waals surface area (Å²) in [5, 5.41) is 0.946. The number of hydrogen-bond acceptors (Lipinski definition) is 3. The van der Waals surface area contributed by atoms with Gasteiger partial charge in [-0.3, -0.25) is 0 Å². The van der Waals surface area contributed by atoms with Gasteiger partial charge in [-0.05, 0) is 18.6 Å². The quantitative estimate of drug-likeness (QED) is 0.851. The van der Waals surface area contributed by atoms with Gasteiger partial charge in [0.05, 0.1) is 10.0 Å². The van der Waals surface area contributed by atoms with Crippen molar-refractivity contribution in [1.29, 1.82) is 0 Å². The van der Waals surface area contributed by atoms with E-state index in [9.17, 15) is 0 Å². The van der Waals surface area contributed by atoms with Crippen molar-refractivity contribution in [2.24, 2.45) is 0 Å². The van der Waals surface area contributed by atoms with E-state index < -0.39 is 0 Å². The summed E-state index contributed by atoms with van der Waals surface area (Å²) in [5.74, 6) is 0.576. The Morgan fingerprint density at radius 1 is 1.33 bits per heavy atom. The second kappa shape index (κ2) is 5.78. The zero-order valence-corrected chi connectivity index (χ0v) is 12.0. The number of H-pyrrole nitrogens is 1. The molecule has 0 aliphatic carbocycles. The molecule has 0 aromatic carbocycles. The summed E-state index contributed by atoms with van der Waals surface area (Å²) in [6.07, 6.45) is 3.47. The van der Waals surface area contributed by atoms with Crippen LogP contribution < -0.4 is 0 Å². The Morgan fingerprint density at radius 2 is 2.11 bits per heavy atom.